The van der Waals surface area contributed by atoms with Crippen LogP contribution in [0, 0.1) is 5.92 Å². The SMILES string of the molecule is CC(C)C(c1ccncc1)c1nc(COC(=O)NC(=O)CCl)[nH]c1Sc1cc(Cl)cc(Cl)c1. The number of hydrogen-bond acceptors (Lipinski definition) is 6. The molecule has 0 aliphatic heterocycles. The van der Waals surface area contributed by atoms with Gasteiger partial charge in [-0.1, -0.05) is 48.8 Å². The fourth-order valence-corrected chi connectivity index (χ4v) is 5.00. The number of alkyl carbamates (subject to hydrolysis) is 1. The summed E-state index contributed by atoms with van der Waals surface area (Å²) < 4.78 is 5.12. The summed E-state index contributed by atoms with van der Waals surface area (Å²) in [6.07, 6.45) is 2.58. The van der Waals surface area contributed by atoms with Crippen molar-refractivity contribution in [3.8, 4) is 0 Å². The van der Waals surface area contributed by atoms with Crippen LogP contribution >= 0.6 is 46.6 Å². The average Bonchev–Trinajstić information content (AvgIpc) is 3.14. The predicted molar refractivity (Wildman–Crippen MR) is 129 cm³/mol. The Bertz CT molecular complexity index is 1110. The van der Waals surface area contributed by atoms with Gasteiger partial charge in [-0.2, -0.15) is 0 Å². The molecule has 0 aliphatic carbocycles. The number of amides is 2. The summed E-state index contributed by atoms with van der Waals surface area (Å²) in [4.78, 5) is 36.0. The minimum atomic E-state index is -0.899. The number of hydrogen-bond donors (Lipinski definition) is 2. The van der Waals surface area contributed by atoms with Crippen molar-refractivity contribution in [3.05, 3.63) is 69.9 Å². The Kier molecular flexibility index (Phi) is 9.02. The van der Waals surface area contributed by atoms with Gasteiger partial charge < -0.3 is 9.72 Å². The number of imide groups is 1. The number of halogens is 3. The van der Waals surface area contributed by atoms with Crippen LogP contribution in [0.4, 0.5) is 4.79 Å². The zero-order chi connectivity index (χ0) is 24.0. The minimum Gasteiger partial charge on any atom is -0.441 e. The molecular weight excluding hydrogens is 507 g/mol. The number of nitrogens with zero attached hydrogens (tertiary/aromatic N) is 2. The normalized spacial score (nSPS) is 11.9. The Hall–Kier alpha value is -2.26. The topological polar surface area (TPSA) is 97.0 Å². The molecule has 0 spiro atoms. The number of rotatable bonds is 8. The Balaban J connectivity index is 1.94. The third kappa shape index (κ3) is 7.11. The summed E-state index contributed by atoms with van der Waals surface area (Å²) >= 11 is 19.2. The van der Waals surface area contributed by atoms with Gasteiger partial charge in [-0.3, -0.25) is 15.1 Å². The first kappa shape index (κ1) is 25.4. The van der Waals surface area contributed by atoms with Gasteiger partial charge in [0, 0.05) is 33.3 Å². The zero-order valence-electron chi connectivity index (χ0n) is 17.8. The monoisotopic (exact) mass is 526 g/mol. The molecule has 33 heavy (non-hydrogen) atoms. The molecule has 0 saturated heterocycles. The van der Waals surface area contributed by atoms with E-state index in [0.29, 0.717) is 15.9 Å². The van der Waals surface area contributed by atoms with Gasteiger partial charge in [-0.25, -0.2) is 9.78 Å². The van der Waals surface area contributed by atoms with E-state index in [1.807, 2.05) is 17.4 Å². The van der Waals surface area contributed by atoms with Crippen molar-refractivity contribution in [3.63, 3.8) is 0 Å². The second kappa shape index (κ2) is 11.7. The van der Waals surface area contributed by atoms with Crippen LogP contribution in [-0.4, -0.2) is 32.8 Å². The Morgan fingerprint density at radius 1 is 1.15 bits per heavy atom. The first-order chi connectivity index (χ1) is 15.8. The van der Waals surface area contributed by atoms with E-state index in [0.717, 1.165) is 21.2 Å². The molecule has 0 saturated carbocycles. The number of carbonyl (C=O) groups excluding carboxylic acids is 2. The van der Waals surface area contributed by atoms with Crippen molar-refractivity contribution in [1.29, 1.82) is 0 Å². The van der Waals surface area contributed by atoms with Crippen LogP contribution in [0.3, 0.4) is 0 Å². The molecule has 2 amide bonds. The lowest BCUT2D eigenvalue weighted by Gasteiger charge is -2.20. The highest BCUT2D eigenvalue weighted by molar-refractivity contribution is 7.99. The summed E-state index contributed by atoms with van der Waals surface area (Å²) in [5, 5.41) is 3.83. The zero-order valence-corrected chi connectivity index (χ0v) is 20.9. The smallest absolute Gasteiger partial charge is 0.414 e. The largest absolute Gasteiger partial charge is 0.441 e. The van der Waals surface area contributed by atoms with Gasteiger partial charge in [0.25, 0.3) is 0 Å². The lowest BCUT2D eigenvalue weighted by molar-refractivity contribution is -0.118. The van der Waals surface area contributed by atoms with E-state index in [-0.39, 0.29) is 24.3 Å². The number of imidazole rings is 1. The quantitative estimate of drug-likeness (QED) is 0.347. The Labute approximate surface area is 210 Å². The maximum Gasteiger partial charge on any atom is 0.414 e. The van der Waals surface area contributed by atoms with E-state index >= 15 is 0 Å². The summed E-state index contributed by atoms with van der Waals surface area (Å²) in [6.45, 7) is 4.05. The van der Waals surface area contributed by atoms with Crippen LogP contribution < -0.4 is 5.32 Å². The third-order valence-electron chi connectivity index (χ3n) is 4.53. The molecule has 11 heteroatoms. The van der Waals surface area contributed by atoms with Crippen LogP contribution in [0.25, 0.3) is 0 Å². The van der Waals surface area contributed by atoms with Gasteiger partial charge in [0.1, 0.15) is 16.7 Å². The van der Waals surface area contributed by atoms with Gasteiger partial charge in [-0.05, 0) is 41.8 Å². The lowest BCUT2D eigenvalue weighted by atomic mass is 9.86. The summed E-state index contributed by atoms with van der Waals surface area (Å²) in [7, 11) is 0. The van der Waals surface area contributed by atoms with Crippen LogP contribution in [0.2, 0.25) is 10.0 Å². The number of carbonyl (C=O) groups is 2. The molecule has 3 aromatic rings. The fourth-order valence-electron chi connectivity index (χ4n) is 3.23. The van der Waals surface area contributed by atoms with Crippen LogP contribution in [-0.2, 0) is 16.1 Å². The molecule has 174 valence electrons. The number of H-pyrrole nitrogens is 1. The van der Waals surface area contributed by atoms with Crippen LogP contribution in [0.15, 0.2) is 52.6 Å². The molecule has 1 unspecified atom stereocenters. The number of benzene rings is 1. The average molecular weight is 528 g/mol. The van der Waals surface area contributed by atoms with Crippen LogP contribution in [0.5, 0.6) is 0 Å². The van der Waals surface area contributed by atoms with Crippen molar-refractivity contribution in [1.82, 2.24) is 20.3 Å². The highest BCUT2D eigenvalue weighted by atomic mass is 35.5. The molecule has 0 fully saturated rings. The van der Waals surface area contributed by atoms with Gasteiger partial charge in [-0.15, -0.1) is 11.6 Å². The van der Waals surface area contributed by atoms with Gasteiger partial charge in [0.2, 0.25) is 5.91 Å². The minimum absolute atomic E-state index is 0.0539. The number of alkyl halides is 1. The standard InChI is InChI=1S/C22H21Cl3N4O3S/c1-12(2)19(13-3-5-26-6-4-13)20-21(33-16-8-14(24)7-15(25)9-16)28-17(27-20)11-32-22(31)29-18(30)10-23/h3-9,12,19H,10-11H2,1-2H3,(H,27,28)(H,29,30,31). The molecule has 0 radical (unpaired) electrons. The van der Waals surface area contributed by atoms with Crippen LogP contribution in [0.1, 0.15) is 36.8 Å². The number of ether oxygens (including phenoxy) is 1. The van der Waals surface area contributed by atoms with Crippen molar-refractivity contribution in [2.45, 2.75) is 36.3 Å². The summed E-state index contributed by atoms with van der Waals surface area (Å²) in [5.41, 5.74) is 1.84. The first-order valence-corrected chi connectivity index (χ1v) is 12.0. The molecule has 3 rings (SSSR count). The summed E-state index contributed by atoms with van der Waals surface area (Å²) in [6, 6.07) is 9.17. The predicted octanol–water partition coefficient (Wildman–Crippen LogP) is 6.04. The van der Waals surface area contributed by atoms with E-state index in [4.69, 9.17) is 44.5 Å². The van der Waals surface area contributed by atoms with Crippen molar-refractivity contribution in [2.24, 2.45) is 5.92 Å². The van der Waals surface area contributed by atoms with E-state index in [1.165, 1.54) is 11.8 Å². The second-order valence-corrected chi connectivity index (χ2v) is 9.59. The molecule has 2 heterocycles. The molecule has 0 bridgehead atoms. The van der Waals surface area contributed by atoms with Gasteiger partial charge >= 0.3 is 6.09 Å². The number of nitrogens with one attached hydrogen (secondary N) is 2. The van der Waals surface area contributed by atoms with Gasteiger partial charge in [0.05, 0.1) is 5.69 Å². The van der Waals surface area contributed by atoms with E-state index in [1.54, 1.807) is 30.6 Å². The highest BCUT2D eigenvalue weighted by Crippen LogP contribution is 2.40. The van der Waals surface area contributed by atoms with E-state index in [2.05, 4.69) is 23.8 Å². The number of aromatic amines is 1. The van der Waals surface area contributed by atoms with Crippen molar-refractivity contribution < 1.29 is 14.3 Å². The number of pyridine rings is 1. The molecule has 7 nitrogen and oxygen atoms in total. The second-order valence-electron chi connectivity index (χ2n) is 7.37. The fraction of sp³-hybridized carbons (Fsp3) is 0.273. The van der Waals surface area contributed by atoms with E-state index in [9.17, 15) is 9.59 Å². The molecule has 0 aliphatic rings. The van der Waals surface area contributed by atoms with E-state index < -0.39 is 12.0 Å². The third-order valence-corrected chi connectivity index (χ3v) is 6.20. The number of aromatic nitrogens is 3. The molecule has 2 N–H and O–H groups in total. The molecule has 1 aromatic carbocycles. The Morgan fingerprint density at radius 2 is 1.82 bits per heavy atom. The molecular formula is C22H21Cl3N4O3S. The maximum absolute atomic E-state index is 11.8. The lowest BCUT2D eigenvalue weighted by Crippen LogP contribution is -2.31. The summed E-state index contributed by atoms with van der Waals surface area (Å²) in [5.74, 6) is -0.411. The molecule has 2 aromatic heterocycles. The Morgan fingerprint density at radius 3 is 2.42 bits per heavy atom. The first-order valence-electron chi connectivity index (χ1n) is 9.92. The highest BCUT2D eigenvalue weighted by Gasteiger charge is 2.26. The van der Waals surface area contributed by atoms with Gasteiger partial charge in [0.15, 0.2) is 6.61 Å². The maximum atomic E-state index is 11.8. The van der Waals surface area contributed by atoms with Crippen molar-refractivity contribution >= 4 is 58.6 Å². The molecule has 1 atom stereocenters. The van der Waals surface area contributed by atoms with Crippen molar-refractivity contribution in [2.75, 3.05) is 5.88 Å².